The van der Waals surface area contributed by atoms with Crippen LogP contribution in [0.3, 0.4) is 0 Å². The normalized spacial score (nSPS) is 12.7. The number of carbonyl (C=O) groups excluding carboxylic acids is 2. The highest BCUT2D eigenvalue weighted by Crippen LogP contribution is 2.19. The lowest BCUT2D eigenvalue weighted by atomic mass is 10.2. The Kier molecular flexibility index (Phi) is 4.61. The van der Waals surface area contributed by atoms with Gasteiger partial charge in [0.2, 0.25) is 0 Å². The van der Waals surface area contributed by atoms with Gasteiger partial charge in [0.05, 0.1) is 0 Å². The molecule has 0 unspecified atom stereocenters. The van der Waals surface area contributed by atoms with Gasteiger partial charge in [-0.15, -0.1) is 0 Å². The second-order valence-corrected chi connectivity index (χ2v) is 5.06. The summed E-state index contributed by atoms with van der Waals surface area (Å²) in [4.78, 5) is 27.3. The van der Waals surface area contributed by atoms with Crippen LogP contribution >= 0.6 is 0 Å². The average Bonchev–Trinajstić information content (AvgIpc) is 2.27. The number of hydrogen-bond acceptors (Lipinski definition) is 6. The lowest BCUT2D eigenvalue weighted by Crippen LogP contribution is -2.32. The molecule has 0 amide bonds. The number of nitrogens with zero attached hydrogens (tertiary/aromatic N) is 1. The standard InChI is InChI=1S/C13H18N2O4/c1-8(14)11(16)18-9-6-5-7-15-10(9)12(17)19-13(2,3)4/h5-8H,14H2,1-4H3/t8-/m0/s1. The van der Waals surface area contributed by atoms with Gasteiger partial charge in [-0.25, -0.2) is 14.6 Å². The summed E-state index contributed by atoms with van der Waals surface area (Å²) in [5, 5.41) is 0. The second-order valence-electron chi connectivity index (χ2n) is 5.06. The average molecular weight is 266 g/mol. The van der Waals surface area contributed by atoms with Crippen LogP contribution in [0.1, 0.15) is 38.2 Å². The van der Waals surface area contributed by atoms with Gasteiger partial charge in [0.15, 0.2) is 11.4 Å². The van der Waals surface area contributed by atoms with Gasteiger partial charge in [0, 0.05) is 6.20 Å². The Morgan fingerprint density at radius 2 is 2.00 bits per heavy atom. The fraction of sp³-hybridized carbons (Fsp3) is 0.462. The molecule has 0 aliphatic rings. The molecule has 0 aliphatic carbocycles. The molecule has 0 saturated heterocycles. The predicted octanol–water partition coefficient (Wildman–Crippen LogP) is 1.29. The first kappa shape index (κ1) is 15.1. The lowest BCUT2D eigenvalue weighted by molar-refractivity contribution is -0.135. The summed E-state index contributed by atoms with van der Waals surface area (Å²) < 4.78 is 10.2. The number of carbonyl (C=O) groups is 2. The van der Waals surface area contributed by atoms with Crippen LogP contribution in [0.15, 0.2) is 18.3 Å². The van der Waals surface area contributed by atoms with E-state index in [1.54, 1.807) is 26.8 Å². The molecule has 0 spiro atoms. The van der Waals surface area contributed by atoms with Crippen molar-refractivity contribution in [1.82, 2.24) is 4.98 Å². The first-order chi connectivity index (χ1) is 8.70. The summed E-state index contributed by atoms with van der Waals surface area (Å²) in [7, 11) is 0. The molecule has 1 atom stereocenters. The van der Waals surface area contributed by atoms with Gasteiger partial charge in [-0.3, -0.25) is 0 Å². The number of hydrogen-bond donors (Lipinski definition) is 1. The maximum atomic E-state index is 11.9. The monoisotopic (exact) mass is 266 g/mol. The van der Waals surface area contributed by atoms with Crippen LogP contribution in [-0.2, 0) is 9.53 Å². The quantitative estimate of drug-likeness (QED) is 0.829. The zero-order valence-electron chi connectivity index (χ0n) is 11.5. The summed E-state index contributed by atoms with van der Waals surface area (Å²) in [5.74, 6) is -1.25. The Balaban J connectivity index is 2.96. The number of pyridine rings is 1. The van der Waals surface area contributed by atoms with Crippen molar-refractivity contribution in [3.8, 4) is 5.75 Å². The first-order valence-electron chi connectivity index (χ1n) is 5.86. The topological polar surface area (TPSA) is 91.5 Å². The lowest BCUT2D eigenvalue weighted by Gasteiger charge is -2.19. The van der Waals surface area contributed by atoms with Crippen LogP contribution in [0.4, 0.5) is 0 Å². The minimum Gasteiger partial charge on any atom is -0.455 e. The maximum Gasteiger partial charge on any atom is 0.361 e. The van der Waals surface area contributed by atoms with Crippen LogP contribution in [-0.4, -0.2) is 28.6 Å². The molecule has 1 heterocycles. The molecule has 1 aromatic heterocycles. The Hall–Kier alpha value is -1.95. The number of nitrogens with two attached hydrogens (primary N) is 1. The van der Waals surface area contributed by atoms with Gasteiger partial charge in [-0.05, 0) is 39.8 Å². The van der Waals surface area contributed by atoms with E-state index in [-0.39, 0.29) is 11.4 Å². The van der Waals surface area contributed by atoms with Crippen LogP contribution in [0, 0.1) is 0 Å². The van der Waals surface area contributed by atoms with Gasteiger partial charge in [0.1, 0.15) is 11.6 Å². The Labute approximate surface area is 111 Å². The highest BCUT2D eigenvalue weighted by atomic mass is 16.6. The van der Waals surface area contributed by atoms with Crippen LogP contribution < -0.4 is 10.5 Å². The molecule has 0 bridgehead atoms. The van der Waals surface area contributed by atoms with Crippen LogP contribution in [0.5, 0.6) is 5.75 Å². The molecule has 2 N–H and O–H groups in total. The fourth-order valence-corrected chi connectivity index (χ4v) is 1.15. The molecule has 0 saturated carbocycles. The number of rotatable bonds is 3. The zero-order valence-corrected chi connectivity index (χ0v) is 11.5. The van der Waals surface area contributed by atoms with Crippen LogP contribution in [0.25, 0.3) is 0 Å². The second kappa shape index (κ2) is 5.79. The van der Waals surface area contributed by atoms with Crippen molar-refractivity contribution in [2.75, 3.05) is 0 Å². The van der Waals surface area contributed by atoms with E-state index >= 15 is 0 Å². The number of ether oxygens (including phenoxy) is 2. The molecule has 19 heavy (non-hydrogen) atoms. The van der Waals surface area contributed by atoms with Gasteiger partial charge in [0.25, 0.3) is 0 Å². The van der Waals surface area contributed by atoms with Crippen molar-refractivity contribution in [2.24, 2.45) is 5.73 Å². The Morgan fingerprint density at radius 1 is 1.37 bits per heavy atom. The molecule has 6 nitrogen and oxygen atoms in total. The minimum absolute atomic E-state index is 0.0408. The third-order valence-electron chi connectivity index (χ3n) is 1.95. The molecule has 6 heteroatoms. The SMILES string of the molecule is C[C@H](N)C(=O)Oc1cccnc1C(=O)OC(C)(C)C. The molecule has 0 aliphatic heterocycles. The highest BCUT2D eigenvalue weighted by Gasteiger charge is 2.23. The smallest absolute Gasteiger partial charge is 0.361 e. The van der Waals surface area contributed by atoms with Crippen molar-refractivity contribution < 1.29 is 19.1 Å². The van der Waals surface area contributed by atoms with E-state index in [1.807, 2.05) is 0 Å². The molecule has 0 radical (unpaired) electrons. The molecule has 1 rings (SSSR count). The maximum absolute atomic E-state index is 11.9. The number of aromatic nitrogens is 1. The molecular formula is C13H18N2O4. The van der Waals surface area contributed by atoms with Gasteiger partial charge >= 0.3 is 11.9 Å². The van der Waals surface area contributed by atoms with E-state index in [2.05, 4.69) is 4.98 Å². The zero-order chi connectivity index (χ0) is 14.6. The Bertz CT molecular complexity index is 478. The van der Waals surface area contributed by atoms with E-state index in [0.29, 0.717) is 0 Å². The van der Waals surface area contributed by atoms with E-state index in [0.717, 1.165) is 0 Å². The molecular weight excluding hydrogens is 248 g/mol. The predicted molar refractivity (Wildman–Crippen MR) is 68.7 cm³/mol. The van der Waals surface area contributed by atoms with Crippen LogP contribution in [0.2, 0.25) is 0 Å². The van der Waals surface area contributed by atoms with Crippen molar-refractivity contribution in [2.45, 2.75) is 39.3 Å². The molecule has 104 valence electrons. The van der Waals surface area contributed by atoms with E-state index in [4.69, 9.17) is 15.2 Å². The summed E-state index contributed by atoms with van der Waals surface area (Å²) >= 11 is 0. The third-order valence-corrected chi connectivity index (χ3v) is 1.95. The molecule has 1 aromatic rings. The van der Waals surface area contributed by atoms with Gasteiger partial charge < -0.3 is 15.2 Å². The summed E-state index contributed by atoms with van der Waals surface area (Å²) in [6.07, 6.45) is 1.42. The van der Waals surface area contributed by atoms with Crippen molar-refractivity contribution in [1.29, 1.82) is 0 Å². The minimum atomic E-state index is -0.785. The van der Waals surface area contributed by atoms with Crippen molar-refractivity contribution in [3.05, 3.63) is 24.0 Å². The fourth-order valence-electron chi connectivity index (χ4n) is 1.15. The third kappa shape index (κ3) is 4.67. The first-order valence-corrected chi connectivity index (χ1v) is 5.86. The summed E-state index contributed by atoms with van der Waals surface area (Å²) in [5.41, 5.74) is 4.70. The van der Waals surface area contributed by atoms with E-state index in [1.165, 1.54) is 19.2 Å². The van der Waals surface area contributed by atoms with Crippen molar-refractivity contribution >= 4 is 11.9 Å². The molecule has 0 fully saturated rings. The Morgan fingerprint density at radius 3 is 2.53 bits per heavy atom. The van der Waals surface area contributed by atoms with Gasteiger partial charge in [-0.1, -0.05) is 0 Å². The van der Waals surface area contributed by atoms with E-state index < -0.39 is 23.6 Å². The highest BCUT2D eigenvalue weighted by molar-refractivity contribution is 5.91. The van der Waals surface area contributed by atoms with Gasteiger partial charge in [-0.2, -0.15) is 0 Å². The summed E-state index contributed by atoms with van der Waals surface area (Å²) in [6.45, 7) is 6.70. The largest absolute Gasteiger partial charge is 0.455 e. The van der Waals surface area contributed by atoms with Crippen molar-refractivity contribution in [3.63, 3.8) is 0 Å². The molecule has 0 aromatic carbocycles. The van der Waals surface area contributed by atoms with E-state index in [9.17, 15) is 9.59 Å². The number of esters is 2. The summed E-state index contributed by atoms with van der Waals surface area (Å²) in [6, 6.07) is 2.23.